The number of aromatic nitrogens is 2. The minimum Gasteiger partial charge on any atom is -0.382 e. The molecule has 0 unspecified atom stereocenters. The van der Waals surface area contributed by atoms with Crippen LogP contribution in [0.15, 0.2) is 12.1 Å². The summed E-state index contributed by atoms with van der Waals surface area (Å²) in [7, 11) is 0. The summed E-state index contributed by atoms with van der Waals surface area (Å²) in [4.78, 5) is 13.3. The molecule has 1 aromatic rings. The molecule has 3 rings (SSSR count). The fraction of sp³-hybridized carbons (Fsp3) is 0.500. The number of nitrogens with two attached hydrogens (primary N) is 1. The second-order valence-electron chi connectivity index (χ2n) is 4.63. The number of nitrogens with zero attached hydrogens (tertiary/aromatic N) is 3. The van der Waals surface area contributed by atoms with Crippen molar-refractivity contribution in [3.8, 4) is 0 Å². The van der Waals surface area contributed by atoms with Gasteiger partial charge in [0.2, 0.25) is 5.91 Å². The van der Waals surface area contributed by atoms with Crippen molar-refractivity contribution in [1.29, 1.82) is 0 Å². The molecule has 2 fully saturated rings. The number of amides is 1. The first-order chi connectivity index (χ1) is 7.67. The Kier molecular flexibility index (Phi) is 1.80. The maximum Gasteiger partial charge on any atom is 0.220 e. The Hall–Kier alpha value is -1.85. The van der Waals surface area contributed by atoms with Crippen LogP contribution in [0.5, 0.6) is 0 Å². The molecule has 3 N–H and O–H groups in total. The summed E-state index contributed by atoms with van der Waals surface area (Å²) in [6.07, 6.45) is 0.631. The van der Waals surface area contributed by atoms with Gasteiger partial charge in [-0.2, -0.15) is 0 Å². The van der Waals surface area contributed by atoms with Crippen LogP contribution in [0.3, 0.4) is 0 Å². The summed E-state index contributed by atoms with van der Waals surface area (Å²) in [6.45, 7) is 2.51. The normalized spacial score (nSPS) is 22.0. The first-order valence-electron chi connectivity index (χ1n) is 5.28. The van der Waals surface area contributed by atoms with Crippen molar-refractivity contribution in [3.05, 3.63) is 12.1 Å². The van der Waals surface area contributed by atoms with Crippen LogP contribution in [0.1, 0.15) is 6.42 Å². The van der Waals surface area contributed by atoms with Gasteiger partial charge in [-0.3, -0.25) is 4.79 Å². The van der Waals surface area contributed by atoms with Crippen molar-refractivity contribution in [1.82, 2.24) is 15.5 Å². The zero-order valence-electron chi connectivity index (χ0n) is 8.81. The van der Waals surface area contributed by atoms with Gasteiger partial charge in [0.1, 0.15) is 5.82 Å². The second kappa shape index (κ2) is 3.07. The second-order valence-corrected chi connectivity index (χ2v) is 4.63. The molecule has 0 aliphatic carbocycles. The van der Waals surface area contributed by atoms with Crippen molar-refractivity contribution in [2.45, 2.75) is 6.42 Å². The molecule has 0 saturated carbocycles. The molecule has 16 heavy (non-hydrogen) atoms. The van der Waals surface area contributed by atoms with E-state index in [2.05, 4.69) is 20.4 Å². The molecule has 0 atom stereocenters. The topological polar surface area (TPSA) is 84.1 Å². The first-order valence-corrected chi connectivity index (χ1v) is 5.28. The van der Waals surface area contributed by atoms with E-state index in [1.54, 1.807) is 6.07 Å². The highest BCUT2D eigenvalue weighted by Gasteiger charge is 2.48. The molecule has 6 heteroatoms. The average Bonchev–Trinajstić information content (AvgIpc) is 2.60. The van der Waals surface area contributed by atoms with Gasteiger partial charge in [0.05, 0.1) is 0 Å². The molecule has 1 amide bonds. The Morgan fingerprint density at radius 3 is 2.75 bits per heavy atom. The standard InChI is InChI=1S/C10H13N5O/c11-7-1-2-8(14-13-7)15-5-10(6-15)3-9(16)12-4-10/h1-2H,3-6H2,(H2,11,13)(H,12,16). The molecule has 2 aliphatic rings. The Labute approximate surface area is 92.8 Å². The number of carbonyl (C=O) groups is 1. The van der Waals surface area contributed by atoms with E-state index in [0.29, 0.717) is 12.2 Å². The van der Waals surface area contributed by atoms with E-state index in [0.717, 1.165) is 25.5 Å². The van der Waals surface area contributed by atoms with Crippen molar-refractivity contribution in [2.24, 2.45) is 5.41 Å². The van der Waals surface area contributed by atoms with Crippen molar-refractivity contribution < 1.29 is 4.79 Å². The monoisotopic (exact) mass is 219 g/mol. The van der Waals surface area contributed by atoms with Gasteiger partial charge >= 0.3 is 0 Å². The first kappa shape index (κ1) is 9.38. The van der Waals surface area contributed by atoms with Crippen LogP contribution in [-0.4, -0.2) is 35.7 Å². The van der Waals surface area contributed by atoms with Gasteiger partial charge in [0.15, 0.2) is 5.82 Å². The highest BCUT2D eigenvalue weighted by atomic mass is 16.1. The van der Waals surface area contributed by atoms with Crippen molar-refractivity contribution in [2.75, 3.05) is 30.3 Å². The third kappa shape index (κ3) is 1.37. The van der Waals surface area contributed by atoms with Crippen molar-refractivity contribution >= 4 is 17.5 Å². The average molecular weight is 219 g/mol. The zero-order valence-corrected chi connectivity index (χ0v) is 8.81. The van der Waals surface area contributed by atoms with E-state index in [1.807, 2.05) is 6.07 Å². The third-order valence-electron chi connectivity index (χ3n) is 3.24. The summed E-state index contributed by atoms with van der Waals surface area (Å²) in [5.74, 6) is 1.42. The van der Waals surface area contributed by atoms with E-state index >= 15 is 0 Å². The third-order valence-corrected chi connectivity index (χ3v) is 3.24. The van der Waals surface area contributed by atoms with E-state index in [1.165, 1.54) is 0 Å². The number of anilines is 2. The van der Waals surface area contributed by atoms with Gasteiger partial charge < -0.3 is 16.0 Å². The fourth-order valence-corrected chi connectivity index (χ4v) is 2.40. The van der Waals surface area contributed by atoms with Crippen LogP contribution >= 0.6 is 0 Å². The zero-order chi connectivity index (χ0) is 11.2. The van der Waals surface area contributed by atoms with E-state index < -0.39 is 0 Å². The Balaban J connectivity index is 1.69. The maximum atomic E-state index is 11.2. The van der Waals surface area contributed by atoms with E-state index in [4.69, 9.17) is 5.73 Å². The molecule has 1 spiro atoms. The smallest absolute Gasteiger partial charge is 0.220 e. The molecule has 0 radical (unpaired) electrons. The molecule has 0 aromatic carbocycles. The molecular formula is C10H13N5O. The van der Waals surface area contributed by atoms with Crippen molar-refractivity contribution in [3.63, 3.8) is 0 Å². The highest BCUT2D eigenvalue weighted by Crippen LogP contribution is 2.38. The quantitative estimate of drug-likeness (QED) is 0.658. The minimum atomic E-state index is 0.125. The van der Waals surface area contributed by atoms with Crippen LogP contribution < -0.4 is 16.0 Å². The minimum absolute atomic E-state index is 0.125. The van der Waals surface area contributed by atoms with Gasteiger partial charge in [0, 0.05) is 31.5 Å². The van der Waals surface area contributed by atoms with Crippen LogP contribution in [0.25, 0.3) is 0 Å². The summed E-state index contributed by atoms with van der Waals surface area (Å²) in [5.41, 5.74) is 5.60. The predicted octanol–water partition coefficient (Wildman–Crippen LogP) is -0.615. The number of rotatable bonds is 1. The summed E-state index contributed by atoms with van der Waals surface area (Å²) in [6, 6.07) is 3.60. The molecule has 2 saturated heterocycles. The lowest BCUT2D eigenvalue weighted by Gasteiger charge is -2.47. The largest absolute Gasteiger partial charge is 0.382 e. The van der Waals surface area contributed by atoms with Gasteiger partial charge in [-0.15, -0.1) is 10.2 Å². The Bertz CT molecular complexity index is 423. The number of hydrogen-bond acceptors (Lipinski definition) is 5. The lowest BCUT2D eigenvalue weighted by atomic mass is 9.79. The Morgan fingerprint density at radius 2 is 2.19 bits per heavy atom. The number of nitrogens with one attached hydrogen (secondary N) is 1. The summed E-state index contributed by atoms with van der Waals surface area (Å²) < 4.78 is 0. The molecule has 6 nitrogen and oxygen atoms in total. The molecular weight excluding hydrogens is 206 g/mol. The highest BCUT2D eigenvalue weighted by molar-refractivity contribution is 5.80. The SMILES string of the molecule is Nc1ccc(N2CC3(CNC(=O)C3)C2)nn1. The number of nitrogen functional groups attached to an aromatic ring is 1. The lowest BCUT2D eigenvalue weighted by Crippen LogP contribution is -2.57. The van der Waals surface area contributed by atoms with E-state index in [-0.39, 0.29) is 11.3 Å². The maximum absolute atomic E-state index is 11.2. The van der Waals surface area contributed by atoms with Gasteiger partial charge in [-0.05, 0) is 12.1 Å². The summed E-state index contributed by atoms with van der Waals surface area (Å²) >= 11 is 0. The molecule has 2 aliphatic heterocycles. The molecule has 84 valence electrons. The van der Waals surface area contributed by atoms with Gasteiger partial charge in [0.25, 0.3) is 0 Å². The number of carbonyl (C=O) groups excluding carboxylic acids is 1. The van der Waals surface area contributed by atoms with Crippen LogP contribution in [0.4, 0.5) is 11.6 Å². The predicted molar refractivity (Wildman–Crippen MR) is 58.7 cm³/mol. The van der Waals surface area contributed by atoms with Crippen LogP contribution in [0, 0.1) is 5.41 Å². The Morgan fingerprint density at radius 1 is 1.38 bits per heavy atom. The van der Waals surface area contributed by atoms with Gasteiger partial charge in [-0.1, -0.05) is 0 Å². The van der Waals surface area contributed by atoms with Crippen LogP contribution in [-0.2, 0) is 4.79 Å². The lowest BCUT2D eigenvalue weighted by molar-refractivity contribution is -0.119. The molecule has 1 aromatic heterocycles. The molecule has 0 bridgehead atoms. The van der Waals surface area contributed by atoms with Gasteiger partial charge in [-0.25, -0.2) is 0 Å². The molecule has 3 heterocycles. The fourth-order valence-electron chi connectivity index (χ4n) is 2.40. The summed E-state index contributed by atoms with van der Waals surface area (Å²) in [5, 5.41) is 10.7. The van der Waals surface area contributed by atoms with Crippen LogP contribution in [0.2, 0.25) is 0 Å². The van der Waals surface area contributed by atoms with E-state index in [9.17, 15) is 4.79 Å². The number of hydrogen-bond donors (Lipinski definition) is 2.